The first-order valence-corrected chi connectivity index (χ1v) is 10.1. The Morgan fingerprint density at radius 1 is 1.48 bits per heavy atom. The normalized spacial score (nSPS) is 19.8. The Morgan fingerprint density at radius 3 is 2.72 bits per heavy atom. The first kappa shape index (κ1) is 24.8. The van der Waals surface area contributed by atoms with Gasteiger partial charge in [-0.1, -0.05) is 6.58 Å². The summed E-state index contributed by atoms with van der Waals surface area (Å²) in [5, 5.41) is 6.43. The number of ether oxygens (including phenoxy) is 2. The largest absolute Gasteiger partial charge is 0.443 e. The molecule has 7 nitrogen and oxygen atoms in total. The number of rotatable bonds is 8. The highest BCUT2D eigenvalue weighted by Crippen LogP contribution is 2.15. The maximum Gasteiger partial charge on any atom is 0.415 e. The molecule has 29 heavy (non-hydrogen) atoms. The van der Waals surface area contributed by atoms with Gasteiger partial charge in [0.25, 0.3) is 0 Å². The van der Waals surface area contributed by atoms with Gasteiger partial charge in [-0.15, -0.1) is 5.73 Å². The molecule has 0 saturated carbocycles. The fourth-order valence-corrected chi connectivity index (χ4v) is 2.98. The Morgan fingerprint density at radius 2 is 2.17 bits per heavy atom. The van der Waals surface area contributed by atoms with Crippen LogP contribution < -0.4 is 10.6 Å². The van der Waals surface area contributed by atoms with E-state index in [4.69, 9.17) is 9.47 Å². The smallest absolute Gasteiger partial charge is 0.415 e. The fourth-order valence-electron chi connectivity index (χ4n) is 2.98. The van der Waals surface area contributed by atoms with Gasteiger partial charge in [0.1, 0.15) is 11.4 Å². The summed E-state index contributed by atoms with van der Waals surface area (Å²) in [6.07, 6.45) is 5.89. The Bertz CT molecular complexity index is 645. The lowest BCUT2D eigenvalue weighted by molar-refractivity contribution is -0.0178. The minimum absolute atomic E-state index is 0.378. The minimum Gasteiger partial charge on any atom is -0.443 e. The van der Waals surface area contributed by atoms with Crippen LogP contribution in [0.3, 0.4) is 0 Å². The fraction of sp³-hybridized carbons (Fsp3) is 0.636. The van der Waals surface area contributed by atoms with Crippen LogP contribution in [0.15, 0.2) is 42.2 Å². The maximum atomic E-state index is 12.5. The molecule has 1 fully saturated rings. The lowest BCUT2D eigenvalue weighted by Crippen LogP contribution is -2.48. The molecule has 1 unspecified atom stereocenters. The van der Waals surface area contributed by atoms with E-state index in [0.717, 1.165) is 32.0 Å². The van der Waals surface area contributed by atoms with E-state index >= 15 is 0 Å². The monoisotopic (exact) mass is 406 g/mol. The second-order valence-electron chi connectivity index (χ2n) is 8.20. The van der Waals surface area contributed by atoms with Gasteiger partial charge in [0, 0.05) is 32.7 Å². The number of nitrogens with zero attached hydrogens (tertiary/aromatic N) is 2. The van der Waals surface area contributed by atoms with Gasteiger partial charge < -0.3 is 20.1 Å². The zero-order chi connectivity index (χ0) is 22.0. The second-order valence-corrected chi connectivity index (χ2v) is 8.20. The van der Waals surface area contributed by atoms with Gasteiger partial charge in [0.2, 0.25) is 0 Å². The predicted octanol–water partition coefficient (Wildman–Crippen LogP) is 3.19. The molecule has 0 spiro atoms. The van der Waals surface area contributed by atoms with Crippen LogP contribution in [0.2, 0.25) is 0 Å². The zero-order valence-electron chi connectivity index (χ0n) is 19.0. The van der Waals surface area contributed by atoms with Crippen molar-refractivity contribution < 1.29 is 14.3 Å². The van der Waals surface area contributed by atoms with Gasteiger partial charge in [0.05, 0.1) is 19.0 Å². The van der Waals surface area contributed by atoms with Crippen molar-refractivity contribution in [1.29, 1.82) is 0 Å². The highest BCUT2D eigenvalue weighted by Gasteiger charge is 2.24. The second kappa shape index (κ2) is 11.7. The Labute approximate surface area is 176 Å². The molecule has 1 aliphatic rings. The number of morpholine rings is 1. The number of carbonyl (C=O) groups is 1. The summed E-state index contributed by atoms with van der Waals surface area (Å²) in [4.78, 5) is 16.3. The van der Waals surface area contributed by atoms with Crippen molar-refractivity contribution in [3.8, 4) is 0 Å². The lowest BCUT2D eigenvalue weighted by Gasteiger charge is -2.37. The van der Waals surface area contributed by atoms with Crippen LogP contribution in [0.5, 0.6) is 0 Å². The van der Waals surface area contributed by atoms with E-state index in [2.05, 4.69) is 47.8 Å². The third-order valence-corrected chi connectivity index (χ3v) is 4.57. The summed E-state index contributed by atoms with van der Waals surface area (Å²) in [5.41, 5.74) is 2.13. The third-order valence-electron chi connectivity index (χ3n) is 4.57. The van der Waals surface area contributed by atoms with E-state index in [9.17, 15) is 4.79 Å². The molecule has 0 aromatic heterocycles. The minimum atomic E-state index is -0.573. The van der Waals surface area contributed by atoms with E-state index in [0.29, 0.717) is 17.9 Å². The zero-order valence-corrected chi connectivity index (χ0v) is 19.0. The van der Waals surface area contributed by atoms with Crippen molar-refractivity contribution in [2.24, 2.45) is 0 Å². The first-order valence-electron chi connectivity index (χ1n) is 10.1. The summed E-state index contributed by atoms with van der Waals surface area (Å²) in [6, 6.07) is 0.785. The highest BCUT2D eigenvalue weighted by atomic mass is 16.6. The van der Waals surface area contributed by atoms with E-state index in [1.807, 2.05) is 27.8 Å². The molecule has 164 valence electrons. The average molecular weight is 407 g/mol. The number of hydrogen-bond donors (Lipinski definition) is 2. The van der Waals surface area contributed by atoms with Gasteiger partial charge >= 0.3 is 6.09 Å². The Kier molecular flexibility index (Phi) is 10.0. The Hall–Kier alpha value is -2.21. The summed E-state index contributed by atoms with van der Waals surface area (Å²) >= 11 is 0. The molecule has 0 radical (unpaired) electrons. The van der Waals surface area contributed by atoms with Gasteiger partial charge in [-0.2, -0.15) is 0 Å². The molecule has 1 amide bonds. The van der Waals surface area contributed by atoms with E-state index in [-0.39, 0.29) is 0 Å². The molecular weight excluding hydrogens is 368 g/mol. The summed E-state index contributed by atoms with van der Waals surface area (Å²) < 4.78 is 11.0. The maximum absolute atomic E-state index is 12.5. The van der Waals surface area contributed by atoms with Crippen LogP contribution in [0, 0.1) is 0 Å². The van der Waals surface area contributed by atoms with Crippen molar-refractivity contribution in [3.05, 3.63) is 42.2 Å². The van der Waals surface area contributed by atoms with E-state index < -0.39 is 11.7 Å². The van der Waals surface area contributed by atoms with E-state index in [1.165, 1.54) is 4.90 Å². The SMILES string of the molecule is C=C=C/C=C(/N/C(=C/CC(C)N1CCOC[C@H]1C)NC)N(C)C(=O)OC(C)(C)C. The molecule has 1 saturated heterocycles. The molecule has 1 aliphatic heterocycles. The van der Waals surface area contributed by atoms with Gasteiger partial charge in [-0.05, 0) is 59.3 Å². The summed E-state index contributed by atoms with van der Waals surface area (Å²) in [6.45, 7) is 16.0. The van der Waals surface area contributed by atoms with Crippen LogP contribution in [0.4, 0.5) is 4.79 Å². The van der Waals surface area contributed by atoms with Crippen molar-refractivity contribution >= 4 is 6.09 Å². The number of hydrogen-bond acceptors (Lipinski definition) is 6. The van der Waals surface area contributed by atoms with Gasteiger partial charge in [0.15, 0.2) is 0 Å². The topological polar surface area (TPSA) is 66.1 Å². The summed E-state index contributed by atoms with van der Waals surface area (Å²) in [5.74, 6) is 1.36. The molecular formula is C22H38N4O3. The first-order chi connectivity index (χ1) is 13.6. The number of allylic oxidation sites excluding steroid dienone is 2. The molecule has 0 aromatic carbocycles. The van der Waals surface area contributed by atoms with Crippen LogP contribution in [-0.4, -0.2) is 67.4 Å². The molecule has 0 bridgehead atoms. The van der Waals surface area contributed by atoms with E-state index in [1.54, 1.807) is 19.2 Å². The standard InChI is InChI=1S/C22H38N4O3/c1-9-10-11-20(25(8)21(27)29-22(4,5)6)24-19(23-7)13-12-17(2)26-14-15-28-16-18(26)3/h10-11,13,17-18,23-24H,1,12,14-16H2,2-8H3/b19-13+,20-11-/t17?,18-/m1/s1. The van der Waals surface area contributed by atoms with Crippen LogP contribution >= 0.6 is 0 Å². The van der Waals surface area contributed by atoms with Crippen LogP contribution in [0.1, 0.15) is 41.0 Å². The third kappa shape index (κ3) is 8.77. The van der Waals surface area contributed by atoms with Crippen molar-refractivity contribution in [2.45, 2.75) is 58.7 Å². The number of nitrogens with one attached hydrogen (secondary N) is 2. The molecule has 1 rings (SSSR count). The molecule has 7 heteroatoms. The molecule has 0 aromatic rings. The number of amides is 1. The highest BCUT2D eigenvalue weighted by molar-refractivity contribution is 5.70. The Balaban J connectivity index is 2.87. The average Bonchev–Trinajstić information content (AvgIpc) is 2.65. The van der Waals surface area contributed by atoms with Gasteiger partial charge in [-0.3, -0.25) is 9.80 Å². The number of carbonyl (C=O) groups excluding carboxylic acids is 1. The quantitative estimate of drug-likeness (QED) is 0.477. The van der Waals surface area contributed by atoms with Gasteiger partial charge in [-0.25, -0.2) is 4.79 Å². The molecule has 1 heterocycles. The van der Waals surface area contributed by atoms with Crippen molar-refractivity contribution in [1.82, 2.24) is 20.4 Å². The van der Waals surface area contributed by atoms with Crippen molar-refractivity contribution in [2.75, 3.05) is 33.9 Å². The molecule has 0 aliphatic carbocycles. The summed E-state index contributed by atoms with van der Waals surface area (Å²) in [7, 11) is 3.50. The lowest BCUT2D eigenvalue weighted by atomic mass is 10.1. The van der Waals surface area contributed by atoms with Crippen LogP contribution in [0.25, 0.3) is 0 Å². The predicted molar refractivity (Wildman–Crippen MR) is 117 cm³/mol. The molecule has 2 N–H and O–H groups in total. The van der Waals surface area contributed by atoms with Crippen LogP contribution in [-0.2, 0) is 9.47 Å². The van der Waals surface area contributed by atoms with Crippen molar-refractivity contribution in [3.63, 3.8) is 0 Å². The molecule has 2 atom stereocenters.